The fourth-order valence-electron chi connectivity index (χ4n) is 2.63. The van der Waals surface area contributed by atoms with E-state index in [-0.39, 0.29) is 17.8 Å². The minimum absolute atomic E-state index is 0.0212. The molecule has 4 nitrogen and oxygen atoms in total. The third-order valence-electron chi connectivity index (χ3n) is 3.93. The van der Waals surface area contributed by atoms with Crippen molar-refractivity contribution in [3.63, 3.8) is 0 Å². The third-order valence-corrected chi connectivity index (χ3v) is 3.93. The summed E-state index contributed by atoms with van der Waals surface area (Å²) in [6.45, 7) is 10.4. The molecule has 0 aromatic rings. The molecule has 0 aromatic heterocycles. The lowest BCUT2D eigenvalue weighted by atomic mass is 9.96. The predicted octanol–water partition coefficient (Wildman–Crippen LogP) is 3.25. The van der Waals surface area contributed by atoms with Gasteiger partial charge in [-0.05, 0) is 37.5 Å². The standard InChI is InChI=1S/C17H31NO3/c1-13(2)6-5-11-21-17(20)15-7-9-18(10-8-15)16(19)12-14(3)4/h13-15H,5-12H2,1-4H3. The van der Waals surface area contributed by atoms with Crippen molar-refractivity contribution in [2.24, 2.45) is 17.8 Å². The van der Waals surface area contributed by atoms with Crippen molar-refractivity contribution in [3.05, 3.63) is 0 Å². The lowest BCUT2D eigenvalue weighted by molar-refractivity contribution is -0.152. The number of esters is 1. The summed E-state index contributed by atoms with van der Waals surface area (Å²) in [6.07, 6.45) is 4.12. The molecule has 0 spiro atoms. The summed E-state index contributed by atoms with van der Waals surface area (Å²) >= 11 is 0. The summed E-state index contributed by atoms with van der Waals surface area (Å²) in [5.74, 6) is 1.16. The van der Waals surface area contributed by atoms with Crippen LogP contribution >= 0.6 is 0 Å². The van der Waals surface area contributed by atoms with Crippen LogP contribution in [0.25, 0.3) is 0 Å². The topological polar surface area (TPSA) is 46.6 Å². The fourth-order valence-corrected chi connectivity index (χ4v) is 2.63. The molecule has 0 saturated carbocycles. The average molecular weight is 297 g/mol. The Balaban J connectivity index is 2.22. The van der Waals surface area contributed by atoms with Gasteiger partial charge < -0.3 is 9.64 Å². The van der Waals surface area contributed by atoms with Gasteiger partial charge in [-0.1, -0.05) is 27.7 Å². The molecule has 1 fully saturated rings. The number of amides is 1. The predicted molar refractivity (Wildman–Crippen MR) is 83.8 cm³/mol. The lowest BCUT2D eigenvalue weighted by Crippen LogP contribution is -2.41. The van der Waals surface area contributed by atoms with Crippen molar-refractivity contribution in [1.82, 2.24) is 4.90 Å². The zero-order chi connectivity index (χ0) is 15.8. The summed E-state index contributed by atoms with van der Waals surface area (Å²) in [7, 11) is 0. The Kier molecular flexibility index (Phi) is 7.76. The maximum atomic E-state index is 12.0. The molecule has 4 heteroatoms. The molecule has 0 bridgehead atoms. The highest BCUT2D eigenvalue weighted by molar-refractivity contribution is 5.77. The molecule has 1 amide bonds. The van der Waals surface area contributed by atoms with Gasteiger partial charge in [0.05, 0.1) is 12.5 Å². The molecule has 0 atom stereocenters. The van der Waals surface area contributed by atoms with Gasteiger partial charge in [-0.2, -0.15) is 0 Å². The Bertz CT molecular complexity index is 331. The van der Waals surface area contributed by atoms with Crippen LogP contribution in [-0.4, -0.2) is 36.5 Å². The van der Waals surface area contributed by atoms with Gasteiger partial charge in [-0.3, -0.25) is 9.59 Å². The van der Waals surface area contributed by atoms with Crippen LogP contribution in [-0.2, 0) is 14.3 Å². The van der Waals surface area contributed by atoms with Crippen LogP contribution < -0.4 is 0 Å². The van der Waals surface area contributed by atoms with Crippen LogP contribution in [0.2, 0.25) is 0 Å². The quantitative estimate of drug-likeness (QED) is 0.535. The molecule has 1 rings (SSSR count). The first-order valence-electron chi connectivity index (χ1n) is 8.34. The van der Waals surface area contributed by atoms with E-state index in [0.29, 0.717) is 38.0 Å². The van der Waals surface area contributed by atoms with Crippen LogP contribution in [0.4, 0.5) is 0 Å². The number of ether oxygens (including phenoxy) is 1. The highest BCUT2D eigenvalue weighted by atomic mass is 16.5. The summed E-state index contributed by atoms with van der Waals surface area (Å²) in [6, 6.07) is 0. The van der Waals surface area contributed by atoms with Crippen molar-refractivity contribution in [2.75, 3.05) is 19.7 Å². The van der Waals surface area contributed by atoms with Gasteiger partial charge in [0.1, 0.15) is 0 Å². The van der Waals surface area contributed by atoms with Gasteiger partial charge >= 0.3 is 5.97 Å². The summed E-state index contributed by atoms with van der Waals surface area (Å²) in [5.41, 5.74) is 0. The normalized spacial score (nSPS) is 16.6. The first-order valence-corrected chi connectivity index (χ1v) is 8.34. The van der Waals surface area contributed by atoms with Crippen molar-refractivity contribution in [3.8, 4) is 0 Å². The summed E-state index contributed by atoms with van der Waals surface area (Å²) in [5, 5.41) is 0. The second-order valence-corrected chi connectivity index (χ2v) is 6.96. The molecule has 122 valence electrons. The minimum atomic E-state index is -0.0743. The van der Waals surface area contributed by atoms with Crippen LogP contribution in [0.15, 0.2) is 0 Å². The van der Waals surface area contributed by atoms with Crippen molar-refractivity contribution >= 4 is 11.9 Å². The Hall–Kier alpha value is -1.06. The van der Waals surface area contributed by atoms with Crippen molar-refractivity contribution in [1.29, 1.82) is 0 Å². The van der Waals surface area contributed by atoms with E-state index in [1.807, 2.05) is 4.90 Å². The van der Waals surface area contributed by atoms with Gasteiger partial charge in [0.15, 0.2) is 0 Å². The molecular formula is C17H31NO3. The molecule has 1 aliphatic heterocycles. The lowest BCUT2D eigenvalue weighted by Gasteiger charge is -2.31. The summed E-state index contributed by atoms with van der Waals surface area (Å²) in [4.78, 5) is 25.8. The average Bonchev–Trinajstić information content (AvgIpc) is 2.42. The molecule has 0 aliphatic carbocycles. The third kappa shape index (κ3) is 6.96. The monoisotopic (exact) mass is 297 g/mol. The van der Waals surface area contributed by atoms with E-state index < -0.39 is 0 Å². The molecule has 0 aromatic carbocycles. The highest BCUT2D eigenvalue weighted by Crippen LogP contribution is 2.20. The van der Waals surface area contributed by atoms with Crippen LogP contribution in [0.5, 0.6) is 0 Å². The molecule has 0 N–H and O–H groups in total. The fraction of sp³-hybridized carbons (Fsp3) is 0.882. The zero-order valence-corrected chi connectivity index (χ0v) is 14.1. The van der Waals surface area contributed by atoms with E-state index >= 15 is 0 Å². The number of hydrogen-bond acceptors (Lipinski definition) is 3. The first kappa shape index (κ1) is 18.0. The molecule has 1 aliphatic rings. The Morgan fingerprint density at radius 1 is 1.10 bits per heavy atom. The molecule has 0 radical (unpaired) electrons. The van der Waals surface area contributed by atoms with Crippen LogP contribution in [0.3, 0.4) is 0 Å². The number of piperidine rings is 1. The number of carbonyl (C=O) groups is 2. The zero-order valence-electron chi connectivity index (χ0n) is 14.1. The summed E-state index contributed by atoms with van der Waals surface area (Å²) < 4.78 is 5.35. The van der Waals surface area contributed by atoms with Crippen molar-refractivity contribution < 1.29 is 14.3 Å². The largest absolute Gasteiger partial charge is 0.465 e. The number of rotatable bonds is 7. The second kappa shape index (κ2) is 9.06. The van der Waals surface area contributed by atoms with Gasteiger partial charge in [0.25, 0.3) is 0 Å². The number of likely N-dealkylation sites (tertiary alicyclic amines) is 1. The highest BCUT2D eigenvalue weighted by Gasteiger charge is 2.28. The second-order valence-electron chi connectivity index (χ2n) is 6.96. The first-order chi connectivity index (χ1) is 9.90. The maximum absolute atomic E-state index is 12.0. The maximum Gasteiger partial charge on any atom is 0.309 e. The molecule has 21 heavy (non-hydrogen) atoms. The van der Waals surface area contributed by atoms with Crippen molar-refractivity contribution in [2.45, 2.75) is 59.8 Å². The molecule has 0 unspecified atom stereocenters. The Morgan fingerprint density at radius 3 is 2.24 bits per heavy atom. The molecule has 1 heterocycles. The van der Waals surface area contributed by atoms with Gasteiger partial charge in [0.2, 0.25) is 5.91 Å². The van der Waals surface area contributed by atoms with E-state index in [1.165, 1.54) is 0 Å². The Labute approximate surface area is 129 Å². The van der Waals surface area contributed by atoms with E-state index in [4.69, 9.17) is 4.74 Å². The minimum Gasteiger partial charge on any atom is -0.465 e. The van der Waals surface area contributed by atoms with E-state index in [1.54, 1.807) is 0 Å². The SMILES string of the molecule is CC(C)CCCOC(=O)C1CCN(C(=O)CC(C)C)CC1. The number of hydrogen-bond donors (Lipinski definition) is 0. The van der Waals surface area contributed by atoms with Gasteiger partial charge in [-0.15, -0.1) is 0 Å². The van der Waals surface area contributed by atoms with E-state index in [0.717, 1.165) is 25.7 Å². The smallest absolute Gasteiger partial charge is 0.309 e. The Morgan fingerprint density at radius 2 is 1.71 bits per heavy atom. The molecular weight excluding hydrogens is 266 g/mol. The van der Waals surface area contributed by atoms with Gasteiger partial charge in [0, 0.05) is 19.5 Å². The van der Waals surface area contributed by atoms with Crippen LogP contribution in [0, 0.1) is 17.8 Å². The molecule has 1 saturated heterocycles. The van der Waals surface area contributed by atoms with Gasteiger partial charge in [-0.25, -0.2) is 0 Å². The van der Waals surface area contributed by atoms with E-state index in [2.05, 4.69) is 27.7 Å². The number of nitrogens with zero attached hydrogens (tertiary/aromatic N) is 1. The number of carbonyl (C=O) groups excluding carboxylic acids is 2. The van der Waals surface area contributed by atoms with E-state index in [9.17, 15) is 9.59 Å². The van der Waals surface area contributed by atoms with Crippen LogP contribution in [0.1, 0.15) is 59.8 Å².